The minimum absolute atomic E-state index is 0.0504. The van der Waals surface area contributed by atoms with Crippen molar-refractivity contribution in [2.75, 3.05) is 12.4 Å². The third-order valence-corrected chi connectivity index (χ3v) is 4.50. The Morgan fingerprint density at radius 2 is 2.24 bits per heavy atom. The van der Waals surface area contributed by atoms with Crippen LogP contribution in [0.2, 0.25) is 0 Å². The average molecular weight is 324 g/mol. The van der Waals surface area contributed by atoms with Crippen molar-refractivity contribution in [1.82, 2.24) is 4.98 Å². The van der Waals surface area contributed by atoms with E-state index in [4.69, 9.17) is 0 Å². The number of carbonyl (C=O) groups excluding carboxylic acids is 2. The lowest BCUT2D eigenvalue weighted by Gasteiger charge is -2.01. The highest BCUT2D eigenvalue weighted by Gasteiger charge is 2.10. The maximum atomic E-state index is 11.8. The second-order valence-corrected chi connectivity index (χ2v) is 6.27. The lowest BCUT2D eigenvalue weighted by Crippen LogP contribution is -2.11. The van der Waals surface area contributed by atoms with Gasteiger partial charge >= 0.3 is 5.97 Å². The predicted octanol–water partition coefficient (Wildman–Crippen LogP) is 2.88. The minimum atomic E-state index is -0.339. The van der Waals surface area contributed by atoms with Gasteiger partial charge in [0.15, 0.2) is 5.13 Å². The van der Waals surface area contributed by atoms with Gasteiger partial charge < -0.3 is 10.1 Å². The smallest absolute Gasteiger partial charge is 0.311 e. The molecule has 5 nitrogen and oxygen atoms in total. The molecule has 0 aliphatic carbocycles. The number of hydrogen-bond donors (Lipinski definition) is 1. The summed E-state index contributed by atoms with van der Waals surface area (Å²) in [5, 5.41) is 7.06. The summed E-state index contributed by atoms with van der Waals surface area (Å²) in [5.41, 5.74) is 0.612. The van der Waals surface area contributed by atoms with Gasteiger partial charge in [-0.15, -0.1) is 22.7 Å². The molecule has 0 atom stereocenters. The van der Waals surface area contributed by atoms with E-state index >= 15 is 0 Å². The van der Waals surface area contributed by atoms with E-state index in [1.807, 2.05) is 11.4 Å². The number of thiophene rings is 1. The molecule has 0 radical (unpaired) electrons. The molecule has 1 N–H and O–H groups in total. The van der Waals surface area contributed by atoms with Crippen molar-refractivity contribution in [2.45, 2.75) is 25.7 Å². The van der Waals surface area contributed by atoms with Crippen LogP contribution in [0.3, 0.4) is 0 Å². The van der Waals surface area contributed by atoms with E-state index in [-0.39, 0.29) is 18.3 Å². The normalized spacial score (nSPS) is 10.3. The molecule has 0 saturated heterocycles. The van der Waals surface area contributed by atoms with Crippen LogP contribution in [-0.2, 0) is 27.2 Å². The summed E-state index contributed by atoms with van der Waals surface area (Å²) in [4.78, 5) is 28.4. The molecule has 0 spiro atoms. The average Bonchev–Trinajstić information content (AvgIpc) is 3.11. The molecule has 0 aromatic carbocycles. The summed E-state index contributed by atoms with van der Waals surface area (Å²) in [6.07, 6.45) is 2.31. The monoisotopic (exact) mass is 324 g/mol. The molecule has 0 bridgehead atoms. The first-order chi connectivity index (χ1) is 10.2. The molecule has 0 saturated carbocycles. The third kappa shape index (κ3) is 5.28. The topological polar surface area (TPSA) is 68.3 Å². The Labute approximate surface area is 131 Å². The summed E-state index contributed by atoms with van der Waals surface area (Å²) in [6, 6.07) is 4.08. The Balaban J connectivity index is 1.73. The molecule has 2 heterocycles. The number of rotatable bonds is 7. The number of aromatic nitrogens is 1. The number of nitrogens with zero attached hydrogens (tertiary/aromatic N) is 1. The molecular formula is C14H16N2O3S2. The molecule has 2 rings (SSSR count). The number of carbonyl (C=O) groups is 2. The van der Waals surface area contributed by atoms with E-state index < -0.39 is 0 Å². The number of ether oxygens (including phenoxy) is 1. The molecule has 0 aliphatic rings. The first-order valence-corrected chi connectivity index (χ1v) is 8.27. The van der Waals surface area contributed by atoms with Crippen molar-refractivity contribution in [3.63, 3.8) is 0 Å². The molecule has 0 unspecified atom stereocenters. The fourth-order valence-corrected chi connectivity index (χ4v) is 3.20. The lowest BCUT2D eigenvalue weighted by atomic mass is 10.2. The van der Waals surface area contributed by atoms with Crippen molar-refractivity contribution in [3.8, 4) is 0 Å². The van der Waals surface area contributed by atoms with E-state index in [1.165, 1.54) is 23.3 Å². The molecule has 112 valence electrons. The Hall–Kier alpha value is -1.73. The Bertz CT molecular complexity index is 593. The second kappa shape index (κ2) is 7.90. The van der Waals surface area contributed by atoms with Gasteiger partial charge in [-0.3, -0.25) is 9.59 Å². The van der Waals surface area contributed by atoms with Crippen LogP contribution in [0.5, 0.6) is 0 Å². The van der Waals surface area contributed by atoms with Gasteiger partial charge in [0.25, 0.3) is 0 Å². The summed E-state index contributed by atoms with van der Waals surface area (Å²) in [7, 11) is 1.34. The fourth-order valence-electron chi connectivity index (χ4n) is 1.73. The van der Waals surface area contributed by atoms with Crippen molar-refractivity contribution >= 4 is 39.7 Å². The summed E-state index contributed by atoms with van der Waals surface area (Å²) >= 11 is 3.02. The van der Waals surface area contributed by atoms with E-state index in [0.29, 0.717) is 17.2 Å². The number of methoxy groups -OCH3 is 1. The Morgan fingerprint density at radius 1 is 1.38 bits per heavy atom. The zero-order valence-electron chi connectivity index (χ0n) is 11.6. The maximum Gasteiger partial charge on any atom is 0.311 e. The van der Waals surface area contributed by atoms with Crippen LogP contribution in [0.4, 0.5) is 5.13 Å². The molecule has 7 heteroatoms. The SMILES string of the molecule is COC(=O)Cc1csc(NC(=O)CCCc2cccs2)n1. The maximum absolute atomic E-state index is 11.8. The highest BCUT2D eigenvalue weighted by Crippen LogP contribution is 2.17. The number of aryl methyl sites for hydroxylation is 1. The van der Waals surface area contributed by atoms with Gasteiger partial charge in [-0.05, 0) is 24.3 Å². The van der Waals surface area contributed by atoms with Crippen LogP contribution >= 0.6 is 22.7 Å². The predicted molar refractivity (Wildman–Crippen MR) is 83.7 cm³/mol. The van der Waals surface area contributed by atoms with Gasteiger partial charge in [-0.25, -0.2) is 4.98 Å². The van der Waals surface area contributed by atoms with Gasteiger partial charge in [-0.2, -0.15) is 0 Å². The van der Waals surface area contributed by atoms with Crippen molar-refractivity contribution in [1.29, 1.82) is 0 Å². The Morgan fingerprint density at radius 3 is 2.95 bits per heavy atom. The zero-order chi connectivity index (χ0) is 15.1. The van der Waals surface area contributed by atoms with Crippen molar-refractivity contribution in [3.05, 3.63) is 33.5 Å². The van der Waals surface area contributed by atoms with Crippen LogP contribution in [-0.4, -0.2) is 24.0 Å². The van der Waals surface area contributed by atoms with Gasteiger partial charge in [0.1, 0.15) is 0 Å². The van der Waals surface area contributed by atoms with Crippen LogP contribution in [0, 0.1) is 0 Å². The first kappa shape index (κ1) is 15.7. The number of esters is 1. The Kier molecular flexibility index (Phi) is 5.89. The molecule has 1 amide bonds. The highest BCUT2D eigenvalue weighted by atomic mass is 32.1. The van der Waals surface area contributed by atoms with Gasteiger partial charge in [0, 0.05) is 16.7 Å². The lowest BCUT2D eigenvalue weighted by molar-refractivity contribution is -0.139. The van der Waals surface area contributed by atoms with E-state index in [2.05, 4.69) is 21.1 Å². The fraction of sp³-hybridized carbons (Fsp3) is 0.357. The molecule has 21 heavy (non-hydrogen) atoms. The van der Waals surface area contributed by atoms with E-state index in [9.17, 15) is 9.59 Å². The highest BCUT2D eigenvalue weighted by molar-refractivity contribution is 7.14. The number of thiazole rings is 1. The van der Waals surface area contributed by atoms with E-state index in [0.717, 1.165) is 12.8 Å². The molecular weight excluding hydrogens is 308 g/mol. The van der Waals surface area contributed by atoms with Gasteiger partial charge in [0.2, 0.25) is 5.91 Å². The summed E-state index contributed by atoms with van der Waals surface area (Å²) in [5.74, 6) is -0.389. The molecule has 2 aromatic heterocycles. The van der Waals surface area contributed by atoms with Gasteiger partial charge in [0.05, 0.1) is 19.2 Å². The standard InChI is InChI=1S/C14H16N2O3S2/c1-19-13(18)8-10-9-21-14(15-10)16-12(17)6-2-4-11-5-3-7-20-11/h3,5,7,9H,2,4,6,8H2,1H3,(H,15,16,17). The number of amides is 1. The number of anilines is 1. The third-order valence-electron chi connectivity index (χ3n) is 2.76. The zero-order valence-corrected chi connectivity index (χ0v) is 13.3. The largest absolute Gasteiger partial charge is 0.469 e. The van der Waals surface area contributed by atoms with E-state index in [1.54, 1.807) is 16.7 Å². The quantitative estimate of drug-likeness (QED) is 0.795. The molecule has 0 fully saturated rings. The van der Waals surface area contributed by atoms with Crippen molar-refractivity contribution in [2.24, 2.45) is 0 Å². The number of nitrogens with one attached hydrogen (secondary N) is 1. The second-order valence-electron chi connectivity index (χ2n) is 4.38. The van der Waals surface area contributed by atoms with Gasteiger partial charge in [-0.1, -0.05) is 6.07 Å². The van der Waals surface area contributed by atoms with Crippen LogP contribution in [0.25, 0.3) is 0 Å². The van der Waals surface area contributed by atoms with Crippen LogP contribution < -0.4 is 5.32 Å². The van der Waals surface area contributed by atoms with Crippen molar-refractivity contribution < 1.29 is 14.3 Å². The van der Waals surface area contributed by atoms with Crippen LogP contribution in [0.15, 0.2) is 22.9 Å². The first-order valence-electron chi connectivity index (χ1n) is 6.51. The number of hydrogen-bond acceptors (Lipinski definition) is 6. The minimum Gasteiger partial charge on any atom is -0.469 e. The molecule has 0 aliphatic heterocycles. The molecule has 2 aromatic rings. The summed E-state index contributed by atoms with van der Waals surface area (Å²) < 4.78 is 4.57. The van der Waals surface area contributed by atoms with Crippen LogP contribution in [0.1, 0.15) is 23.4 Å². The summed E-state index contributed by atoms with van der Waals surface area (Å²) in [6.45, 7) is 0.